The first-order chi connectivity index (χ1) is 7.18. The number of carboxylic acid groups (broad SMARTS) is 1. The van der Waals surface area contributed by atoms with Gasteiger partial charge in [0.2, 0.25) is 0 Å². The summed E-state index contributed by atoms with van der Waals surface area (Å²) in [6.45, 7) is 2.02. The van der Waals surface area contributed by atoms with Crippen molar-refractivity contribution in [2.45, 2.75) is 31.8 Å². The molecule has 1 heterocycles. The molecule has 4 heteroatoms. The van der Waals surface area contributed by atoms with E-state index in [1.165, 1.54) is 4.88 Å². The van der Waals surface area contributed by atoms with Crippen molar-refractivity contribution in [2.75, 3.05) is 0 Å². The predicted molar refractivity (Wildman–Crippen MR) is 60.0 cm³/mol. The van der Waals surface area contributed by atoms with Gasteiger partial charge < -0.3 is 5.11 Å². The molecular weight excluding hydrogens is 210 g/mol. The van der Waals surface area contributed by atoms with E-state index in [-0.39, 0.29) is 12.1 Å². The lowest BCUT2D eigenvalue weighted by Gasteiger charge is -2.18. The summed E-state index contributed by atoms with van der Waals surface area (Å²) < 4.78 is 0. The second-order valence-corrected chi connectivity index (χ2v) is 5.04. The molecule has 3 nitrogen and oxygen atoms in total. The largest absolute Gasteiger partial charge is 0.480 e. The maximum atomic E-state index is 11.0. The zero-order valence-electron chi connectivity index (χ0n) is 8.64. The monoisotopic (exact) mass is 225 g/mol. The number of thiophene rings is 1. The van der Waals surface area contributed by atoms with Gasteiger partial charge in [-0.1, -0.05) is 6.07 Å². The molecule has 1 aromatic rings. The van der Waals surface area contributed by atoms with Crippen molar-refractivity contribution < 1.29 is 9.90 Å². The van der Waals surface area contributed by atoms with Gasteiger partial charge in [-0.15, -0.1) is 11.3 Å². The lowest BCUT2D eigenvalue weighted by molar-refractivity contribution is -0.140. The number of aliphatic carboxylic acids is 1. The van der Waals surface area contributed by atoms with Crippen LogP contribution in [0.5, 0.6) is 0 Å². The first kappa shape index (κ1) is 10.6. The molecule has 0 radical (unpaired) electrons. The Morgan fingerprint density at radius 3 is 2.87 bits per heavy atom. The van der Waals surface area contributed by atoms with E-state index in [1.807, 2.05) is 24.4 Å². The summed E-state index contributed by atoms with van der Waals surface area (Å²) in [4.78, 5) is 12.2. The van der Waals surface area contributed by atoms with Gasteiger partial charge in [0.15, 0.2) is 0 Å². The minimum absolute atomic E-state index is 0.131. The molecule has 0 aromatic carbocycles. The number of carbonyl (C=O) groups is 1. The third-order valence-corrected chi connectivity index (χ3v) is 3.81. The number of hydrogen-bond acceptors (Lipinski definition) is 3. The third kappa shape index (κ3) is 2.58. The average Bonchev–Trinajstić information content (AvgIpc) is 2.87. The zero-order chi connectivity index (χ0) is 10.8. The zero-order valence-corrected chi connectivity index (χ0v) is 9.46. The molecule has 1 aromatic heterocycles. The summed E-state index contributed by atoms with van der Waals surface area (Å²) in [5, 5.41) is 14.3. The van der Waals surface area contributed by atoms with Crippen molar-refractivity contribution in [1.82, 2.24) is 5.32 Å². The van der Waals surface area contributed by atoms with Gasteiger partial charge in [0.1, 0.15) is 6.04 Å². The molecule has 0 spiro atoms. The Morgan fingerprint density at radius 1 is 1.67 bits per heavy atom. The molecule has 2 atom stereocenters. The van der Waals surface area contributed by atoms with Gasteiger partial charge in [-0.05, 0) is 37.1 Å². The predicted octanol–water partition coefficient (Wildman–Crippen LogP) is 2.26. The number of carboxylic acids is 1. The van der Waals surface area contributed by atoms with E-state index < -0.39 is 5.97 Å². The SMILES string of the molecule is C[C@H](NC(C(=O)O)C1CC1)c1cccs1. The molecule has 2 N–H and O–H groups in total. The van der Waals surface area contributed by atoms with Crippen LogP contribution in [0.1, 0.15) is 30.7 Å². The highest BCUT2D eigenvalue weighted by atomic mass is 32.1. The van der Waals surface area contributed by atoms with Crippen LogP contribution in [0.15, 0.2) is 17.5 Å². The molecule has 1 aliphatic carbocycles. The van der Waals surface area contributed by atoms with Crippen LogP contribution in [0.25, 0.3) is 0 Å². The van der Waals surface area contributed by atoms with E-state index in [0.717, 1.165) is 12.8 Å². The Hall–Kier alpha value is -0.870. The van der Waals surface area contributed by atoms with Crippen LogP contribution in [-0.4, -0.2) is 17.1 Å². The van der Waals surface area contributed by atoms with Crippen LogP contribution in [0.2, 0.25) is 0 Å². The molecule has 82 valence electrons. The van der Waals surface area contributed by atoms with Crippen molar-refractivity contribution in [3.05, 3.63) is 22.4 Å². The van der Waals surface area contributed by atoms with E-state index in [2.05, 4.69) is 5.32 Å². The second kappa shape index (κ2) is 4.33. The Labute approximate surface area is 93.1 Å². The number of nitrogens with one attached hydrogen (secondary N) is 1. The molecule has 0 bridgehead atoms. The molecule has 1 unspecified atom stereocenters. The van der Waals surface area contributed by atoms with Gasteiger partial charge in [0.25, 0.3) is 0 Å². The highest BCUT2D eigenvalue weighted by molar-refractivity contribution is 7.10. The fourth-order valence-electron chi connectivity index (χ4n) is 1.73. The average molecular weight is 225 g/mol. The number of rotatable bonds is 5. The van der Waals surface area contributed by atoms with E-state index >= 15 is 0 Å². The van der Waals surface area contributed by atoms with Crippen LogP contribution in [0.4, 0.5) is 0 Å². The minimum atomic E-state index is -0.721. The summed E-state index contributed by atoms with van der Waals surface area (Å²) in [6, 6.07) is 3.79. The van der Waals surface area contributed by atoms with Crippen molar-refractivity contribution in [3.63, 3.8) is 0 Å². The van der Waals surface area contributed by atoms with Crippen molar-refractivity contribution in [2.24, 2.45) is 5.92 Å². The maximum absolute atomic E-state index is 11.0. The molecule has 2 rings (SSSR count). The van der Waals surface area contributed by atoms with Crippen LogP contribution in [-0.2, 0) is 4.79 Å². The summed E-state index contributed by atoms with van der Waals surface area (Å²) in [7, 11) is 0. The molecule has 1 aliphatic rings. The fourth-order valence-corrected chi connectivity index (χ4v) is 2.47. The molecule has 0 aliphatic heterocycles. The van der Waals surface area contributed by atoms with Gasteiger partial charge >= 0.3 is 5.97 Å². The van der Waals surface area contributed by atoms with Crippen molar-refractivity contribution in [1.29, 1.82) is 0 Å². The van der Waals surface area contributed by atoms with Gasteiger partial charge in [0.05, 0.1) is 0 Å². The normalized spacial score (nSPS) is 19.8. The summed E-state index contributed by atoms with van der Waals surface area (Å²) in [5.41, 5.74) is 0. The van der Waals surface area contributed by atoms with Crippen LogP contribution < -0.4 is 5.32 Å². The quantitative estimate of drug-likeness (QED) is 0.808. The summed E-state index contributed by atoms with van der Waals surface area (Å²) in [5.74, 6) is -0.384. The topological polar surface area (TPSA) is 49.3 Å². The van der Waals surface area contributed by atoms with E-state index in [1.54, 1.807) is 11.3 Å². The summed E-state index contributed by atoms with van der Waals surface area (Å²) >= 11 is 1.66. The Kier molecular flexibility index (Phi) is 3.07. The lowest BCUT2D eigenvalue weighted by atomic mass is 10.1. The Bertz CT molecular complexity index is 332. The third-order valence-electron chi connectivity index (χ3n) is 2.76. The van der Waals surface area contributed by atoms with Crippen LogP contribution >= 0.6 is 11.3 Å². The molecule has 15 heavy (non-hydrogen) atoms. The van der Waals surface area contributed by atoms with E-state index in [4.69, 9.17) is 5.11 Å². The fraction of sp³-hybridized carbons (Fsp3) is 0.545. The lowest BCUT2D eigenvalue weighted by Crippen LogP contribution is -2.39. The first-order valence-electron chi connectivity index (χ1n) is 5.20. The van der Waals surface area contributed by atoms with Crippen molar-refractivity contribution in [3.8, 4) is 0 Å². The highest BCUT2D eigenvalue weighted by Gasteiger charge is 2.36. The standard InChI is InChI=1S/C11H15NO2S/c1-7(9-3-2-6-15-9)12-10(11(13)14)8-4-5-8/h2-3,6-8,10,12H,4-5H2,1H3,(H,13,14)/t7-,10?/m0/s1. The molecule has 0 amide bonds. The van der Waals surface area contributed by atoms with Crippen molar-refractivity contribution >= 4 is 17.3 Å². The molecule has 0 saturated heterocycles. The smallest absolute Gasteiger partial charge is 0.321 e. The van der Waals surface area contributed by atoms with Gasteiger partial charge in [0, 0.05) is 10.9 Å². The number of hydrogen-bond donors (Lipinski definition) is 2. The molecular formula is C11H15NO2S. The maximum Gasteiger partial charge on any atom is 0.321 e. The second-order valence-electron chi connectivity index (χ2n) is 4.06. The Morgan fingerprint density at radius 2 is 2.40 bits per heavy atom. The molecule has 1 saturated carbocycles. The Balaban J connectivity index is 1.97. The van der Waals surface area contributed by atoms with Gasteiger partial charge in [-0.25, -0.2) is 0 Å². The van der Waals surface area contributed by atoms with E-state index in [0.29, 0.717) is 5.92 Å². The highest BCUT2D eigenvalue weighted by Crippen LogP contribution is 2.34. The van der Waals surface area contributed by atoms with Gasteiger partial charge in [-0.2, -0.15) is 0 Å². The summed E-state index contributed by atoms with van der Waals surface area (Å²) in [6.07, 6.45) is 2.09. The van der Waals surface area contributed by atoms with Gasteiger partial charge in [-0.3, -0.25) is 10.1 Å². The molecule has 1 fully saturated rings. The minimum Gasteiger partial charge on any atom is -0.480 e. The van der Waals surface area contributed by atoms with Crippen LogP contribution in [0, 0.1) is 5.92 Å². The first-order valence-corrected chi connectivity index (χ1v) is 6.08. The van der Waals surface area contributed by atoms with E-state index in [9.17, 15) is 4.79 Å². The van der Waals surface area contributed by atoms with Crippen LogP contribution in [0.3, 0.4) is 0 Å².